The summed E-state index contributed by atoms with van der Waals surface area (Å²) in [5.41, 5.74) is 1.57. The molecule has 0 aliphatic heterocycles. The Kier molecular flexibility index (Phi) is 4.80. The van der Waals surface area contributed by atoms with Gasteiger partial charge < -0.3 is 4.57 Å². The van der Waals surface area contributed by atoms with E-state index < -0.39 is 0 Å². The number of thiophene rings is 1. The van der Waals surface area contributed by atoms with Crippen LogP contribution in [-0.2, 0) is 18.3 Å². The van der Waals surface area contributed by atoms with Gasteiger partial charge in [-0.2, -0.15) is 0 Å². The van der Waals surface area contributed by atoms with Gasteiger partial charge in [-0.1, -0.05) is 29.2 Å². The van der Waals surface area contributed by atoms with Crippen LogP contribution in [0, 0.1) is 0 Å². The van der Waals surface area contributed by atoms with E-state index in [1.54, 1.807) is 16.8 Å². The van der Waals surface area contributed by atoms with Crippen LogP contribution in [0.15, 0.2) is 28.2 Å². The Hall–Kier alpha value is -1.78. The molecule has 22 heavy (non-hydrogen) atoms. The minimum absolute atomic E-state index is 0.135. The lowest BCUT2D eigenvalue weighted by Crippen LogP contribution is -2.14. The normalized spacial score (nSPS) is 10.8. The van der Waals surface area contributed by atoms with Gasteiger partial charge >= 0.3 is 0 Å². The molecule has 0 atom stereocenters. The third-order valence-electron chi connectivity index (χ3n) is 2.78. The average molecular weight is 352 g/mol. The third kappa shape index (κ3) is 3.70. The van der Waals surface area contributed by atoms with E-state index in [4.69, 9.17) is 0 Å². The molecule has 1 N–H and O–H groups in total. The molecule has 114 valence electrons. The van der Waals surface area contributed by atoms with Crippen LogP contribution in [0.4, 0.5) is 5.13 Å². The van der Waals surface area contributed by atoms with E-state index in [1.807, 2.05) is 23.1 Å². The molecular formula is C12H12N6OS3. The summed E-state index contributed by atoms with van der Waals surface area (Å²) < 4.78 is 1.92. The van der Waals surface area contributed by atoms with E-state index in [-0.39, 0.29) is 11.7 Å². The number of nitrogens with zero attached hydrogens (tertiary/aromatic N) is 5. The monoisotopic (exact) mass is 352 g/mol. The summed E-state index contributed by atoms with van der Waals surface area (Å²) in [4.78, 5) is 13.0. The molecule has 0 aromatic carbocycles. The smallest absolute Gasteiger partial charge is 0.236 e. The minimum Gasteiger partial charge on any atom is -0.309 e. The molecule has 0 spiro atoms. The number of aromatic nitrogens is 5. The summed E-state index contributed by atoms with van der Waals surface area (Å²) >= 11 is 4.33. The molecule has 0 unspecified atom stereocenters. The van der Waals surface area contributed by atoms with Crippen molar-refractivity contribution in [3.8, 4) is 0 Å². The fourth-order valence-electron chi connectivity index (χ4n) is 1.71. The zero-order valence-electron chi connectivity index (χ0n) is 11.6. The second kappa shape index (κ2) is 6.99. The van der Waals surface area contributed by atoms with Gasteiger partial charge in [0.05, 0.1) is 5.75 Å². The number of hydrogen-bond acceptors (Lipinski definition) is 8. The van der Waals surface area contributed by atoms with Crippen LogP contribution in [0.3, 0.4) is 0 Å². The summed E-state index contributed by atoms with van der Waals surface area (Å²) in [6.45, 7) is 0. The Morgan fingerprint density at radius 1 is 1.36 bits per heavy atom. The molecular weight excluding hydrogens is 340 g/mol. The van der Waals surface area contributed by atoms with E-state index in [0.29, 0.717) is 5.13 Å². The Balaban J connectivity index is 1.56. The quantitative estimate of drug-likeness (QED) is 0.684. The number of carbonyl (C=O) groups is 1. The van der Waals surface area contributed by atoms with Gasteiger partial charge in [0, 0.05) is 18.3 Å². The second-order valence-electron chi connectivity index (χ2n) is 4.29. The molecule has 3 aromatic rings. The molecule has 0 radical (unpaired) electrons. The molecule has 0 aliphatic rings. The molecule has 0 saturated heterocycles. The molecule has 0 saturated carbocycles. The first-order valence-electron chi connectivity index (χ1n) is 6.32. The van der Waals surface area contributed by atoms with E-state index in [2.05, 4.69) is 31.8 Å². The lowest BCUT2D eigenvalue weighted by atomic mass is 10.3. The van der Waals surface area contributed by atoms with Gasteiger partial charge in [0.1, 0.15) is 11.3 Å². The van der Waals surface area contributed by atoms with E-state index in [0.717, 1.165) is 17.4 Å². The highest BCUT2D eigenvalue weighted by atomic mass is 32.2. The first-order chi connectivity index (χ1) is 10.7. The van der Waals surface area contributed by atoms with Crippen molar-refractivity contribution in [3.63, 3.8) is 0 Å². The summed E-state index contributed by atoms with van der Waals surface area (Å²) in [5.74, 6) is 1.00. The summed E-state index contributed by atoms with van der Waals surface area (Å²) in [5, 5.41) is 21.7. The Labute approximate surface area is 138 Å². The summed E-state index contributed by atoms with van der Waals surface area (Å²) in [7, 11) is 1.91. The second-order valence-corrected chi connectivity index (χ2v) is 7.10. The van der Waals surface area contributed by atoms with E-state index >= 15 is 0 Å². The lowest BCUT2D eigenvalue weighted by Gasteiger charge is -2.03. The topological polar surface area (TPSA) is 85.6 Å². The largest absolute Gasteiger partial charge is 0.309 e. The van der Waals surface area contributed by atoms with Crippen LogP contribution >= 0.6 is 34.4 Å². The van der Waals surface area contributed by atoms with Gasteiger partial charge in [0.2, 0.25) is 11.0 Å². The van der Waals surface area contributed by atoms with Gasteiger partial charge in [-0.15, -0.1) is 31.7 Å². The van der Waals surface area contributed by atoms with Gasteiger partial charge in [-0.05, 0) is 11.4 Å². The number of thioether (sulfide) groups is 1. The molecule has 3 rings (SSSR count). The SMILES string of the molecule is Cn1c(Cc2cccs2)nnc1SCC(=O)Nc1nncs1. The van der Waals surface area contributed by atoms with Crippen molar-refractivity contribution >= 4 is 45.5 Å². The highest BCUT2D eigenvalue weighted by Crippen LogP contribution is 2.19. The van der Waals surface area contributed by atoms with Crippen LogP contribution in [0.25, 0.3) is 0 Å². The van der Waals surface area contributed by atoms with Crippen molar-refractivity contribution in [2.75, 3.05) is 11.1 Å². The van der Waals surface area contributed by atoms with Crippen LogP contribution in [0.2, 0.25) is 0 Å². The highest BCUT2D eigenvalue weighted by Gasteiger charge is 2.13. The standard InChI is InChI=1S/C12H12N6OS3/c1-18-9(5-8-3-2-4-20-8)15-17-12(18)21-6-10(19)14-11-16-13-7-22-11/h2-4,7H,5-6H2,1H3,(H,14,16,19). The maximum Gasteiger partial charge on any atom is 0.236 e. The lowest BCUT2D eigenvalue weighted by molar-refractivity contribution is -0.113. The number of nitrogens with one attached hydrogen (secondary N) is 1. The number of carbonyl (C=O) groups excluding carboxylic acids is 1. The fraction of sp³-hybridized carbons (Fsp3) is 0.250. The van der Waals surface area contributed by atoms with Crippen LogP contribution < -0.4 is 5.32 Å². The van der Waals surface area contributed by atoms with Crippen molar-refractivity contribution in [1.82, 2.24) is 25.0 Å². The number of rotatable bonds is 6. The van der Waals surface area contributed by atoms with E-state index in [1.165, 1.54) is 28.0 Å². The zero-order chi connectivity index (χ0) is 15.4. The van der Waals surface area contributed by atoms with Crippen molar-refractivity contribution < 1.29 is 4.79 Å². The van der Waals surface area contributed by atoms with Gasteiger partial charge in [-0.25, -0.2) is 0 Å². The maximum absolute atomic E-state index is 11.8. The van der Waals surface area contributed by atoms with Gasteiger partial charge in [0.25, 0.3) is 0 Å². The highest BCUT2D eigenvalue weighted by molar-refractivity contribution is 7.99. The van der Waals surface area contributed by atoms with Crippen molar-refractivity contribution in [2.45, 2.75) is 11.6 Å². The first-order valence-corrected chi connectivity index (χ1v) is 9.06. The Morgan fingerprint density at radius 2 is 2.27 bits per heavy atom. The predicted molar refractivity (Wildman–Crippen MR) is 87.4 cm³/mol. The van der Waals surface area contributed by atoms with Crippen molar-refractivity contribution in [3.05, 3.63) is 33.7 Å². The maximum atomic E-state index is 11.8. The van der Waals surface area contributed by atoms with Crippen LogP contribution in [-0.4, -0.2) is 36.6 Å². The van der Waals surface area contributed by atoms with Crippen LogP contribution in [0.1, 0.15) is 10.7 Å². The van der Waals surface area contributed by atoms with Crippen molar-refractivity contribution in [2.24, 2.45) is 7.05 Å². The molecule has 10 heteroatoms. The van der Waals surface area contributed by atoms with Crippen LogP contribution in [0.5, 0.6) is 0 Å². The van der Waals surface area contributed by atoms with Crippen molar-refractivity contribution in [1.29, 1.82) is 0 Å². The minimum atomic E-state index is -0.135. The fourth-order valence-corrected chi connectivity index (χ4v) is 3.60. The zero-order valence-corrected chi connectivity index (χ0v) is 14.0. The summed E-state index contributed by atoms with van der Waals surface area (Å²) in [6, 6.07) is 4.09. The summed E-state index contributed by atoms with van der Waals surface area (Å²) in [6.07, 6.45) is 0.749. The first kappa shape index (κ1) is 15.1. The molecule has 0 fully saturated rings. The third-order valence-corrected chi connectivity index (χ3v) is 5.28. The predicted octanol–water partition coefficient (Wildman–Crippen LogP) is 2.05. The molecule has 3 heterocycles. The Morgan fingerprint density at radius 3 is 3.00 bits per heavy atom. The Bertz CT molecular complexity index is 737. The number of hydrogen-bond donors (Lipinski definition) is 1. The number of anilines is 1. The van der Waals surface area contributed by atoms with Gasteiger partial charge in [-0.3, -0.25) is 10.1 Å². The van der Waals surface area contributed by atoms with E-state index in [9.17, 15) is 4.79 Å². The molecule has 1 amide bonds. The molecule has 7 nitrogen and oxygen atoms in total. The number of amides is 1. The average Bonchev–Trinajstić information content (AvgIpc) is 3.23. The molecule has 0 bridgehead atoms. The van der Waals surface area contributed by atoms with Gasteiger partial charge in [0.15, 0.2) is 5.16 Å². The molecule has 0 aliphatic carbocycles. The molecule has 3 aromatic heterocycles.